The first-order chi connectivity index (χ1) is 30.7. The molecule has 3 aromatic rings. The highest BCUT2D eigenvalue weighted by atomic mass is 32.2. The monoisotopic (exact) mass is 894 g/mol. The molecular formula is C48H59FN8O6S. The Morgan fingerprint density at radius 1 is 1.09 bits per heavy atom. The summed E-state index contributed by atoms with van der Waals surface area (Å²) in [7, 11) is -4.63. The van der Waals surface area contributed by atoms with Gasteiger partial charge < -0.3 is 30.6 Å². The van der Waals surface area contributed by atoms with Gasteiger partial charge >= 0.3 is 0 Å². The molecule has 2 saturated carbocycles. The maximum absolute atomic E-state index is 16.6. The second-order valence-corrected chi connectivity index (χ2v) is 21.5. The van der Waals surface area contributed by atoms with E-state index in [2.05, 4.69) is 78.2 Å². The van der Waals surface area contributed by atoms with Crippen molar-refractivity contribution in [2.75, 3.05) is 26.2 Å². The van der Waals surface area contributed by atoms with Crippen molar-refractivity contribution < 1.29 is 32.6 Å². The fourth-order valence-electron chi connectivity index (χ4n) is 11.7. The molecule has 4 fully saturated rings. The van der Waals surface area contributed by atoms with E-state index < -0.39 is 45.8 Å². The Hall–Kier alpha value is -4.87. The average Bonchev–Trinajstić information content (AvgIpc) is 4.04. The van der Waals surface area contributed by atoms with E-state index in [1.807, 2.05) is 6.07 Å². The first kappa shape index (κ1) is 43.0. The quantitative estimate of drug-likeness (QED) is 0.127. The van der Waals surface area contributed by atoms with Crippen LogP contribution < -0.4 is 20.1 Å². The summed E-state index contributed by atoms with van der Waals surface area (Å²) in [6, 6.07) is 11.2. The number of aromatic amines is 1. The molecule has 3 aliphatic heterocycles. The first-order valence-corrected chi connectivity index (χ1v) is 24.4. The van der Waals surface area contributed by atoms with Gasteiger partial charge in [-0.3, -0.25) is 19.6 Å². The lowest BCUT2D eigenvalue weighted by Gasteiger charge is -2.56. The lowest BCUT2D eigenvalue weighted by Crippen LogP contribution is -2.56. The van der Waals surface area contributed by atoms with E-state index in [1.165, 1.54) is 36.5 Å². The molecule has 2 saturated heterocycles. The number of ether oxygens (including phenoxy) is 1. The molecule has 10 rings (SSSR count). The number of likely N-dealkylation sites (tertiary alicyclic amines) is 2. The van der Waals surface area contributed by atoms with E-state index in [1.54, 1.807) is 25.3 Å². The summed E-state index contributed by atoms with van der Waals surface area (Å²) in [5, 5.41) is 28.2. The third-order valence-corrected chi connectivity index (χ3v) is 16.3. The van der Waals surface area contributed by atoms with Gasteiger partial charge in [-0.15, -0.1) is 0 Å². The largest absolute Gasteiger partial charge is 0.511 e. The Morgan fingerprint density at radius 3 is 2.64 bits per heavy atom. The number of aliphatic hydroxyl groups excluding tert-OH is 1. The molecule has 16 heteroatoms. The Kier molecular flexibility index (Phi) is 11.1. The molecule has 340 valence electrons. The summed E-state index contributed by atoms with van der Waals surface area (Å²) in [6.45, 7) is 9.30. The number of amides is 1. The highest BCUT2D eigenvalue weighted by molar-refractivity contribution is 7.94. The number of nitrogens with one attached hydrogen (secondary N) is 4. The van der Waals surface area contributed by atoms with Crippen molar-refractivity contribution >= 4 is 33.3 Å². The summed E-state index contributed by atoms with van der Waals surface area (Å²) in [5.41, 5.74) is 2.97. The van der Waals surface area contributed by atoms with Crippen LogP contribution in [0.25, 0.3) is 11.0 Å². The number of allylic oxidation sites excluding steroid dienone is 1. The molecule has 14 nitrogen and oxygen atoms in total. The van der Waals surface area contributed by atoms with E-state index in [4.69, 9.17) is 4.74 Å². The van der Waals surface area contributed by atoms with Crippen LogP contribution in [0.2, 0.25) is 0 Å². The Bertz CT molecular complexity index is 2580. The standard InChI is InChI=1S/C48H59FN8O6S/c1-28(2)33-7-4-5-8-34(33)37-9-6-14-57(37)31-23-48(24-31)11-15-56(16-12-48)38-19-40(63-32-17-30-10-13-50-45(30)52-26-32)35(18-36(38)49)46(59)55-64(61,62)41-20-39(58)42(44-43(41)53-27-54-44)51-25-29-21-47(3,60)22-29/h4-5,7-8,10,13,17-20,26-29,31,36-38,42,44,51,58,60H,6,9,11-12,14-16,21-25H2,1-3H3,(H,50,52)(H,53,54)(H,55,59)/t29?,36?,37-,38?,42?,44?,47?/m0/s1. The zero-order valence-corrected chi connectivity index (χ0v) is 37.5. The summed E-state index contributed by atoms with van der Waals surface area (Å²) in [4.78, 5) is 30.5. The summed E-state index contributed by atoms with van der Waals surface area (Å²) < 4.78 is 53.1. The topological polar surface area (TPSA) is 185 Å². The Balaban J connectivity index is 0.837. The zero-order chi connectivity index (χ0) is 44.5. The van der Waals surface area contributed by atoms with Crippen LogP contribution in [0.4, 0.5) is 4.39 Å². The number of sulfonamides is 1. The summed E-state index contributed by atoms with van der Waals surface area (Å²) in [6.07, 6.45) is 14.6. The van der Waals surface area contributed by atoms with Gasteiger partial charge in [0.2, 0.25) is 0 Å². The maximum atomic E-state index is 16.6. The van der Waals surface area contributed by atoms with Gasteiger partial charge in [-0.05, 0) is 143 Å². The number of aliphatic hydroxyl groups is 2. The van der Waals surface area contributed by atoms with E-state index in [-0.39, 0.29) is 39.0 Å². The molecule has 0 bridgehead atoms. The van der Waals surface area contributed by atoms with Crippen LogP contribution >= 0.6 is 0 Å². The second-order valence-electron chi connectivity index (χ2n) is 19.8. The lowest BCUT2D eigenvalue weighted by atomic mass is 9.59. The van der Waals surface area contributed by atoms with Gasteiger partial charge in [0.05, 0.1) is 41.5 Å². The molecule has 5 heterocycles. The first-order valence-electron chi connectivity index (χ1n) is 22.9. The van der Waals surface area contributed by atoms with E-state index >= 15 is 4.39 Å². The van der Waals surface area contributed by atoms with Crippen LogP contribution in [0.3, 0.4) is 0 Å². The minimum Gasteiger partial charge on any atom is -0.511 e. The molecule has 1 amide bonds. The van der Waals surface area contributed by atoms with Gasteiger partial charge in [-0.1, -0.05) is 38.1 Å². The molecule has 6 N–H and O–H groups in total. The predicted octanol–water partition coefficient (Wildman–Crippen LogP) is 5.91. The number of pyridine rings is 1. The van der Waals surface area contributed by atoms with Crippen LogP contribution in [0.1, 0.15) is 95.2 Å². The van der Waals surface area contributed by atoms with Gasteiger partial charge in [0.15, 0.2) is 0 Å². The number of rotatable bonds is 12. The van der Waals surface area contributed by atoms with Gasteiger partial charge in [0, 0.05) is 23.7 Å². The van der Waals surface area contributed by atoms with E-state index in [0.29, 0.717) is 61.9 Å². The van der Waals surface area contributed by atoms with E-state index in [0.717, 1.165) is 49.8 Å². The number of piperidine rings is 1. The van der Waals surface area contributed by atoms with Gasteiger partial charge in [-0.2, -0.15) is 0 Å². The van der Waals surface area contributed by atoms with Crippen molar-refractivity contribution in [3.05, 3.63) is 106 Å². The number of H-pyrrole nitrogens is 1. The van der Waals surface area contributed by atoms with Crippen LogP contribution in [0.15, 0.2) is 99.7 Å². The van der Waals surface area contributed by atoms with E-state index in [9.17, 15) is 23.4 Å². The Labute approximate surface area is 373 Å². The fourth-order valence-corrected chi connectivity index (χ4v) is 12.9. The molecule has 7 aliphatic rings. The minimum absolute atomic E-state index is 0.0214. The van der Waals surface area contributed by atoms with Crippen molar-refractivity contribution in [2.24, 2.45) is 16.3 Å². The SMILES string of the molecule is CC(C)c1ccccc1[C@@H]1CCCN1C1CC2(CCN(C3C=C(Oc4cnc5[nH]ccc5c4)C(C(=O)NS(=O)(=O)C4=C5NC=NC5C(NCC5CC(C)(O)C5)C(O)=C4)=CC3F)CC2)C1. The van der Waals surface area contributed by atoms with Crippen LogP contribution in [0.5, 0.6) is 5.75 Å². The van der Waals surface area contributed by atoms with Crippen LogP contribution in [-0.2, 0) is 14.8 Å². The number of aliphatic imine (C=N–C) groups is 1. The molecule has 2 aromatic heterocycles. The maximum Gasteiger partial charge on any atom is 0.268 e. The van der Waals surface area contributed by atoms with Crippen molar-refractivity contribution in [1.29, 1.82) is 0 Å². The number of carbonyl (C=O) groups is 1. The number of benzene rings is 1. The van der Waals surface area contributed by atoms with Gasteiger partial charge in [0.25, 0.3) is 15.9 Å². The number of carbonyl (C=O) groups excluding carboxylic acids is 1. The fraction of sp³-hybridized carbons (Fsp3) is 0.521. The second kappa shape index (κ2) is 16.5. The van der Waals surface area contributed by atoms with Gasteiger partial charge in [0.1, 0.15) is 40.0 Å². The minimum atomic E-state index is -4.63. The Morgan fingerprint density at radius 2 is 1.88 bits per heavy atom. The third kappa shape index (κ3) is 8.09. The average molecular weight is 895 g/mol. The van der Waals surface area contributed by atoms with Crippen LogP contribution in [0, 0.1) is 11.3 Å². The number of hydrogen-bond acceptors (Lipinski definition) is 12. The predicted molar refractivity (Wildman–Crippen MR) is 242 cm³/mol. The number of nitrogens with zero attached hydrogens (tertiary/aromatic N) is 4. The summed E-state index contributed by atoms with van der Waals surface area (Å²) >= 11 is 0. The van der Waals surface area contributed by atoms with Crippen molar-refractivity contribution in [3.63, 3.8) is 0 Å². The zero-order valence-electron chi connectivity index (χ0n) is 36.6. The molecular weight excluding hydrogens is 836 g/mol. The van der Waals surface area contributed by atoms with Crippen molar-refractivity contribution in [1.82, 2.24) is 35.1 Å². The van der Waals surface area contributed by atoms with Crippen molar-refractivity contribution in [2.45, 2.75) is 120 Å². The molecule has 4 aliphatic carbocycles. The number of alkyl halides is 1. The number of aromatic nitrogens is 2. The molecule has 1 spiro atoms. The van der Waals surface area contributed by atoms with Crippen molar-refractivity contribution in [3.8, 4) is 5.75 Å². The lowest BCUT2D eigenvalue weighted by molar-refractivity contribution is -0.115. The third-order valence-electron chi connectivity index (χ3n) is 15.0. The van der Waals surface area contributed by atoms with Gasteiger partial charge in [-0.25, -0.2) is 22.5 Å². The number of fused-ring (bicyclic) bond motifs is 2. The van der Waals surface area contributed by atoms with Crippen LogP contribution in [-0.4, -0.2) is 113 Å². The number of hydrogen-bond donors (Lipinski definition) is 6. The smallest absolute Gasteiger partial charge is 0.268 e. The highest BCUT2D eigenvalue weighted by Gasteiger charge is 2.51. The molecule has 4 unspecified atom stereocenters. The summed E-state index contributed by atoms with van der Waals surface area (Å²) in [5.74, 6) is -0.349. The number of halogens is 1. The molecule has 64 heavy (non-hydrogen) atoms. The normalized spacial score (nSPS) is 30.7. The molecule has 1 aromatic carbocycles. The molecule has 5 atom stereocenters. The molecule has 0 radical (unpaired) electrons. The highest BCUT2D eigenvalue weighted by Crippen LogP contribution is 2.54.